The van der Waals surface area contributed by atoms with Gasteiger partial charge >= 0.3 is 12.1 Å². The average molecular weight is 299 g/mol. The molecule has 0 aliphatic carbocycles. The standard InChI is InChI=1S/C13H21N3O3S/c1-4-7-14-11(17)15(8-5-2)13(19)16(12(14)18)9-6-10-20-3/h4-5,12,18H,1-2,6-10H2,3H3. The lowest BCUT2D eigenvalue weighted by atomic mass is 10.3. The number of thioether (sulfide) groups is 1. The molecule has 0 radical (unpaired) electrons. The molecule has 1 saturated heterocycles. The Labute approximate surface area is 123 Å². The van der Waals surface area contributed by atoms with Gasteiger partial charge in [0.15, 0.2) is 0 Å². The minimum absolute atomic E-state index is 0.122. The van der Waals surface area contributed by atoms with Crippen molar-refractivity contribution in [2.24, 2.45) is 0 Å². The largest absolute Gasteiger partial charge is 0.356 e. The first-order chi connectivity index (χ1) is 9.58. The fourth-order valence-electron chi connectivity index (χ4n) is 1.94. The van der Waals surface area contributed by atoms with Crippen molar-refractivity contribution >= 4 is 23.8 Å². The Bertz CT molecular complexity index is 389. The molecule has 1 atom stereocenters. The van der Waals surface area contributed by atoms with Gasteiger partial charge in [-0.1, -0.05) is 12.2 Å². The van der Waals surface area contributed by atoms with Crippen molar-refractivity contribution in [1.29, 1.82) is 0 Å². The summed E-state index contributed by atoms with van der Waals surface area (Å²) >= 11 is 1.67. The molecule has 0 saturated carbocycles. The highest BCUT2D eigenvalue weighted by atomic mass is 32.2. The molecule has 0 aromatic rings. The van der Waals surface area contributed by atoms with E-state index in [4.69, 9.17) is 0 Å². The van der Waals surface area contributed by atoms with Gasteiger partial charge in [0.25, 0.3) is 0 Å². The molecule has 20 heavy (non-hydrogen) atoms. The average Bonchev–Trinajstić information content (AvgIpc) is 2.43. The molecule has 1 heterocycles. The summed E-state index contributed by atoms with van der Waals surface area (Å²) in [7, 11) is 0. The molecule has 4 amide bonds. The summed E-state index contributed by atoms with van der Waals surface area (Å²) in [6.45, 7) is 7.81. The lowest BCUT2D eigenvalue weighted by Gasteiger charge is -2.44. The first kappa shape index (κ1) is 16.6. The molecule has 1 fully saturated rings. The van der Waals surface area contributed by atoms with E-state index in [0.29, 0.717) is 6.54 Å². The van der Waals surface area contributed by atoms with Crippen molar-refractivity contribution in [2.75, 3.05) is 31.6 Å². The van der Waals surface area contributed by atoms with Crippen molar-refractivity contribution in [3.63, 3.8) is 0 Å². The third-order valence-electron chi connectivity index (χ3n) is 2.90. The van der Waals surface area contributed by atoms with Gasteiger partial charge in [0, 0.05) is 13.1 Å². The third kappa shape index (κ3) is 3.55. The Balaban J connectivity index is 2.90. The van der Waals surface area contributed by atoms with Crippen LogP contribution in [0.4, 0.5) is 9.59 Å². The van der Waals surface area contributed by atoms with E-state index < -0.39 is 18.4 Å². The van der Waals surface area contributed by atoms with Gasteiger partial charge in [-0.2, -0.15) is 11.8 Å². The van der Waals surface area contributed by atoms with Gasteiger partial charge in [-0.15, -0.1) is 13.2 Å². The van der Waals surface area contributed by atoms with Crippen molar-refractivity contribution in [2.45, 2.75) is 12.8 Å². The molecule has 1 N–H and O–H groups in total. The minimum Gasteiger partial charge on any atom is -0.356 e. The van der Waals surface area contributed by atoms with Crippen LogP contribution in [0, 0.1) is 0 Å². The van der Waals surface area contributed by atoms with Gasteiger partial charge in [0.2, 0.25) is 6.35 Å². The van der Waals surface area contributed by atoms with Gasteiger partial charge in [-0.25, -0.2) is 14.5 Å². The lowest BCUT2D eigenvalue weighted by Crippen LogP contribution is -2.66. The van der Waals surface area contributed by atoms with Crippen molar-refractivity contribution in [3.8, 4) is 0 Å². The summed E-state index contributed by atoms with van der Waals surface area (Å²) in [5.41, 5.74) is 0. The van der Waals surface area contributed by atoms with Crippen molar-refractivity contribution in [3.05, 3.63) is 25.3 Å². The summed E-state index contributed by atoms with van der Waals surface area (Å²) in [6, 6.07) is -1.01. The third-order valence-corrected chi connectivity index (χ3v) is 3.59. The highest BCUT2D eigenvalue weighted by Gasteiger charge is 2.41. The zero-order chi connectivity index (χ0) is 15.1. The molecule has 0 aromatic carbocycles. The smallest absolute Gasteiger partial charge is 0.332 e. The second-order valence-corrected chi connectivity index (χ2v) is 5.28. The number of hydrogen-bond acceptors (Lipinski definition) is 4. The van der Waals surface area contributed by atoms with Gasteiger partial charge in [-0.05, 0) is 18.4 Å². The number of urea groups is 2. The molecule has 0 bridgehead atoms. The van der Waals surface area contributed by atoms with Crippen LogP contribution in [0.3, 0.4) is 0 Å². The summed E-state index contributed by atoms with van der Waals surface area (Å²) < 4.78 is 0. The topological polar surface area (TPSA) is 64.1 Å². The predicted octanol–water partition coefficient (Wildman–Crippen LogP) is 1.55. The highest BCUT2D eigenvalue weighted by molar-refractivity contribution is 7.98. The lowest BCUT2D eigenvalue weighted by molar-refractivity contribution is -0.0875. The van der Waals surface area contributed by atoms with E-state index >= 15 is 0 Å². The SMILES string of the molecule is C=CCN1C(=O)N(CC=C)C(O)N(CCCSC)C1=O. The normalized spacial score (nSPS) is 19.5. The maximum atomic E-state index is 12.2. The molecule has 1 aliphatic rings. The summed E-state index contributed by atoms with van der Waals surface area (Å²) in [6.07, 6.45) is 4.49. The van der Waals surface area contributed by atoms with Gasteiger partial charge in [0.1, 0.15) is 0 Å². The number of aliphatic hydroxyl groups is 1. The number of aliphatic hydroxyl groups excluding tert-OH is 1. The molecular formula is C13H21N3O3S. The number of carbonyl (C=O) groups is 2. The second kappa shape index (κ2) is 7.96. The number of hydrogen-bond donors (Lipinski definition) is 1. The number of imide groups is 1. The van der Waals surface area contributed by atoms with Crippen LogP contribution in [0.25, 0.3) is 0 Å². The minimum atomic E-state index is -1.24. The molecule has 112 valence electrons. The maximum Gasteiger partial charge on any atom is 0.332 e. The maximum absolute atomic E-state index is 12.2. The second-order valence-electron chi connectivity index (χ2n) is 4.29. The molecule has 1 rings (SSSR count). The van der Waals surface area contributed by atoms with Crippen LogP contribution in [0.1, 0.15) is 6.42 Å². The number of amides is 4. The molecule has 0 aromatic heterocycles. The Morgan fingerprint density at radius 3 is 2.35 bits per heavy atom. The quantitative estimate of drug-likeness (QED) is 0.545. The molecule has 6 nitrogen and oxygen atoms in total. The zero-order valence-corrected chi connectivity index (χ0v) is 12.5. The Morgan fingerprint density at radius 2 is 1.80 bits per heavy atom. The Kier molecular flexibility index (Phi) is 6.60. The van der Waals surface area contributed by atoms with E-state index in [1.54, 1.807) is 11.8 Å². The van der Waals surface area contributed by atoms with Crippen molar-refractivity contribution in [1.82, 2.24) is 14.7 Å². The Hall–Kier alpha value is -1.47. The highest BCUT2D eigenvalue weighted by Crippen LogP contribution is 2.18. The zero-order valence-electron chi connectivity index (χ0n) is 11.7. The van der Waals surface area contributed by atoms with Crippen LogP contribution >= 0.6 is 11.8 Å². The van der Waals surface area contributed by atoms with E-state index in [1.165, 1.54) is 22.0 Å². The van der Waals surface area contributed by atoms with Crippen molar-refractivity contribution < 1.29 is 14.7 Å². The van der Waals surface area contributed by atoms with Gasteiger partial charge in [-0.3, -0.25) is 9.80 Å². The van der Waals surface area contributed by atoms with Gasteiger partial charge in [0.05, 0.1) is 6.54 Å². The van der Waals surface area contributed by atoms with Gasteiger partial charge < -0.3 is 5.11 Å². The van der Waals surface area contributed by atoms with E-state index in [9.17, 15) is 14.7 Å². The fraction of sp³-hybridized carbons (Fsp3) is 0.538. The number of nitrogens with zero attached hydrogens (tertiary/aromatic N) is 3. The van der Waals surface area contributed by atoms with E-state index in [1.807, 2.05) is 6.26 Å². The summed E-state index contributed by atoms with van der Waals surface area (Å²) in [4.78, 5) is 28.0. The number of rotatable bonds is 8. The van der Waals surface area contributed by atoms with Crippen LogP contribution in [0.15, 0.2) is 25.3 Å². The summed E-state index contributed by atoms with van der Waals surface area (Å²) in [5, 5.41) is 10.2. The van der Waals surface area contributed by atoms with Crippen LogP contribution in [-0.2, 0) is 0 Å². The molecule has 7 heteroatoms. The van der Waals surface area contributed by atoms with Crippen LogP contribution < -0.4 is 0 Å². The van der Waals surface area contributed by atoms with E-state index in [-0.39, 0.29) is 13.1 Å². The monoisotopic (exact) mass is 299 g/mol. The van der Waals surface area contributed by atoms with Crippen LogP contribution in [0.5, 0.6) is 0 Å². The first-order valence-electron chi connectivity index (χ1n) is 6.36. The first-order valence-corrected chi connectivity index (χ1v) is 7.75. The predicted molar refractivity (Wildman–Crippen MR) is 80.3 cm³/mol. The molecule has 1 aliphatic heterocycles. The Morgan fingerprint density at radius 1 is 1.20 bits per heavy atom. The molecular weight excluding hydrogens is 278 g/mol. The van der Waals surface area contributed by atoms with E-state index in [0.717, 1.165) is 17.1 Å². The fourth-order valence-corrected chi connectivity index (χ4v) is 2.36. The molecule has 1 unspecified atom stereocenters. The van der Waals surface area contributed by atoms with E-state index in [2.05, 4.69) is 13.2 Å². The molecule has 0 spiro atoms. The summed E-state index contributed by atoms with van der Waals surface area (Å²) in [5.74, 6) is 0.882. The van der Waals surface area contributed by atoms with Crippen LogP contribution in [-0.4, -0.2) is 69.9 Å². The van der Waals surface area contributed by atoms with Crippen LogP contribution in [0.2, 0.25) is 0 Å². The number of carbonyl (C=O) groups excluding carboxylic acids is 2.